The Balaban J connectivity index is 1.14. The number of fused-ring (bicyclic) bond motifs is 2. The van der Waals surface area contributed by atoms with E-state index in [9.17, 15) is 18.0 Å². The molecule has 4 aromatic heterocycles. The number of rotatable bonds is 12. The first-order chi connectivity index (χ1) is 27.0. The van der Waals surface area contributed by atoms with E-state index < -0.39 is 17.8 Å². The average molecular weight is 772 g/mol. The molecule has 0 radical (unpaired) electrons. The predicted molar refractivity (Wildman–Crippen MR) is 209 cm³/mol. The number of piperidine rings is 1. The Morgan fingerprint density at radius 3 is 2.46 bits per heavy atom. The first kappa shape index (κ1) is 38.3. The second kappa shape index (κ2) is 16.0. The molecule has 0 atom stereocenters. The molecule has 0 unspecified atom stereocenters. The molecule has 56 heavy (non-hydrogen) atoms. The molecular formula is C40H44F3N9O4. The zero-order chi connectivity index (χ0) is 39.6. The topological polar surface area (TPSA) is 132 Å². The number of anilines is 3. The molecule has 5 heterocycles. The van der Waals surface area contributed by atoms with E-state index in [-0.39, 0.29) is 23.6 Å². The molecule has 0 aliphatic carbocycles. The molecule has 0 spiro atoms. The van der Waals surface area contributed by atoms with E-state index in [0.717, 1.165) is 53.6 Å². The van der Waals surface area contributed by atoms with Gasteiger partial charge in [0.1, 0.15) is 41.1 Å². The second-order valence-electron chi connectivity index (χ2n) is 13.8. The van der Waals surface area contributed by atoms with Gasteiger partial charge in [-0.3, -0.25) is 4.40 Å². The summed E-state index contributed by atoms with van der Waals surface area (Å²) in [6, 6.07) is 12.1. The highest BCUT2D eigenvalue weighted by atomic mass is 19.4. The Kier molecular flexibility index (Phi) is 10.9. The lowest BCUT2D eigenvalue weighted by Gasteiger charge is -2.31. The predicted octanol–water partition coefficient (Wildman–Crippen LogP) is 8.48. The molecule has 0 bridgehead atoms. The minimum absolute atomic E-state index is 0.0345. The van der Waals surface area contributed by atoms with E-state index in [4.69, 9.17) is 14.2 Å². The third-order valence-corrected chi connectivity index (χ3v) is 10.00. The van der Waals surface area contributed by atoms with Crippen LogP contribution in [0.15, 0.2) is 73.4 Å². The van der Waals surface area contributed by atoms with Crippen molar-refractivity contribution in [3.8, 4) is 28.5 Å². The van der Waals surface area contributed by atoms with E-state index in [1.54, 1.807) is 32.7 Å². The monoisotopic (exact) mass is 771 g/mol. The van der Waals surface area contributed by atoms with Gasteiger partial charge in [0, 0.05) is 67.1 Å². The molecule has 2 aromatic carbocycles. The van der Waals surface area contributed by atoms with Gasteiger partial charge in [0.05, 0.1) is 36.6 Å². The molecule has 2 amide bonds. The van der Waals surface area contributed by atoms with Crippen LogP contribution in [0.25, 0.3) is 27.9 Å². The Morgan fingerprint density at radius 2 is 1.75 bits per heavy atom. The number of carbonyl (C=O) groups excluding carboxylic acids is 1. The maximum atomic E-state index is 14.2. The molecule has 1 aliphatic heterocycles. The van der Waals surface area contributed by atoms with Crippen LogP contribution in [0.2, 0.25) is 0 Å². The summed E-state index contributed by atoms with van der Waals surface area (Å²) in [5.74, 6) is 1.70. The number of urea groups is 1. The Bertz CT molecular complexity index is 2350. The van der Waals surface area contributed by atoms with Crippen molar-refractivity contribution in [3.05, 3.63) is 84.6 Å². The molecule has 0 saturated carbocycles. The number of ether oxygens (including phenoxy) is 3. The number of nitrogens with one attached hydrogen (secondary N) is 3. The van der Waals surface area contributed by atoms with Gasteiger partial charge < -0.3 is 39.6 Å². The summed E-state index contributed by atoms with van der Waals surface area (Å²) >= 11 is 0. The van der Waals surface area contributed by atoms with Gasteiger partial charge in [0.25, 0.3) is 0 Å². The van der Waals surface area contributed by atoms with Gasteiger partial charge in [-0.05, 0) is 75.7 Å². The molecule has 16 heteroatoms. The lowest BCUT2D eigenvalue weighted by atomic mass is 10.1. The van der Waals surface area contributed by atoms with Crippen LogP contribution >= 0.6 is 0 Å². The van der Waals surface area contributed by atoms with Crippen molar-refractivity contribution in [2.45, 2.75) is 58.5 Å². The smallest absolute Gasteiger partial charge is 0.420 e. The zero-order valence-corrected chi connectivity index (χ0v) is 31.8. The van der Waals surface area contributed by atoms with Crippen molar-refractivity contribution in [2.75, 3.05) is 49.8 Å². The summed E-state index contributed by atoms with van der Waals surface area (Å²) in [5.41, 5.74) is 2.97. The van der Waals surface area contributed by atoms with Crippen LogP contribution in [-0.2, 0) is 12.7 Å². The highest BCUT2D eigenvalue weighted by Gasteiger charge is 2.36. The lowest BCUT2D eigenvalue weighted by molar-refractivity contribution is -0.139. The summed E-state index contributed by atoms with van der Waals surface area (Å²) in [5, 5.41) is 9.55. The van der Waals surface area contributed by atoms with Gasteiger partial charge in [-0.15, -0.1) is 0 Å². The van der Waals surface area contributed by atoms with Crippen molar-refractivity contribution in [3.63, 3.8) is 0 Å². The third-order valence-electron chi connectivity index (χ3n) is 10.00. The van der Waals surface area contributed by atoms with E-state index in [1.165, 1.54) is 18.5 Å². The normalized spacial score (nSPS) is 14.0. The Labute approximate surface area is 321 Å². The molecular weight excluding hydrogens is 727 g/mol. The van der Waals surface area contributed by atoms with Crippen molar-refractivity contribution in [2.24, 2.45) is 0 Å². The molecule has 1 fully saturated rings. The number of aromatic nitrogens is 5. The Hall–Kier alpha value is -6.03. The molecule has 7 rings (SSSR count). The number of methoxy groups -OCH3 is 2. The number of imidazole rings is 1. The van der Waals surface area contributed by atoms with Crippen LogP contribution in [0.5, 0.6) is 17.2 Å². The zero-order valence-electron chi connectivity index (χ0n) is 31.8. The standard InChI is InChI=1S/C40H44F3N9O4/c1-6-50-16-13-27(14-17-50)56-33-12-8-26(19-30(33)40(41,42)43)48-39(53)49-31-10-11-32(51-18-15-44-37(31)51)29-22-52(24(2)3)38-35(29)36(46-23-47-38)45-21-25-7-9-28(54-4)20-34(25)55-5/h7-12,15,18-20,22-24,27H,6,13-14,16-17,21H2,1-5H3,(H,45,46,47)(H2,48,49,53). The van der Waals surface area contributed by atoms with E-state index in [1.807, 2.05) is 34.9 Å². The fourth-order valence-corrected chi connectivity index (χ4v) is 7.05. The van der Waals surface area contributed by atoms with Crippen molar-refractivity contribution < 1.29 is 32.2 Å². The molecule has 6 aromatic rings. The summed E-state index contributed by atoms with van der Waals surface area (Å²) in [4.78, 5) is 29.3. The fourth-order valence-electron chi connectivity index (χ4n) is 7.05. The summed E-state index contributed by atoms with van der Waals surface area (Å²) < 4.78 is 63.3. The molecule has 1 aliphatic rings. The van der Waals surface area contributed by atoms with E-state index in [0.29, 0.717) is 48.0 Å². The van der Waals surface area contributed by atoms with Gasteiger partial charge in [0.2, 0.25) is 0 Å². The quantitative estimate of drug-likeness (QED) is 0.112. The minimum Gasteiger partial charge on any atom is -0.497 e. The van der Waals surface area contributed by atoms with Gasteiger partial charge in [-0.1, -0.05) is 6.92 Å². The highest BCUT2D eigenvalue weighted by molar-refractivity contribution is 6.04. The van der Waals surface area contributed by atoms with Crippen LogP contribution in [0.3, 0.4) is 0 Å². The van der Waals surface area contributed by atoms with Crippen molar-refractivity contribution >= 4 is 39.9 Å². The Morgan fingerprint density at radius 1 is 0.946 bits per heavy atom. The van der Waals surface area contributed by atoms with Gasteiger partial charge >= 0.3 is 12.2 Å². The number of alkyl halides is 3. The molecule has 13 nitrogen and oxygen atoms in total. The summed E-state index contributed by atoms with van der Waals surface area (Å²) in [7, 11) is 3.21. The number of benzene rings is 2. The number of hydrogen-bond acceptors (Lipinski definition) is 9. The number of likely N-dealkylation sites (tertiary alicyclic amines) is 1. The van der Waals surface area contributed by atoms with Crippen LogP contribution in [0.1, 0.15) is 50.8 Å². The summed E-state index contributed by atoms with van der Waals surface area (Å²) in [6.45, 7) is 9.01. The lowest BCUT2D eigenvalue weighted by Crippen LogP contribution is -2.38. The number of pyridine rings is 1. The first-order valence-electron chi connectivity index (χ1n) is 18.4. The van der Waals surface area contributed by atoms with Gasteiger partial charge in [-0.25, -0.2) is 19.7 Å². The fraction of sp³-hybridized carbons (Fsp3) is 0.350. The number of hydrogen-bond donors (Lipinski definition) is 3. The maximum absolute atomic E-state index is 14.2. The van der Waals surface area contributed by atoms with E-state index >= 15 is 0 Å². The number of carbonyl (C=O) groups is 1. The second-order valence-corrected chi connectivity index (χ2v) is 13.8. The van der Waals surface area contributed by atoms with Crippen LogP contribution in [-0.4, -0.2) is 74.8 Å². The first-order valence-corrected chi connectivity index (χ1v) is 18.4. The number of nitrogens with zero attached hydrogens (tertiary/aromatic N) is 6. The largest absolute Gasteiger partial charge is 0.497 e. The SMILES string of the molecule is CCN1CCC(Oc2ccc(NC(=O)Nc3ccc(-c4cn(C(C)C)c5ncnc(NCc6ccc(OC)cc6OC)c45)n4ccnc34)cc2C(F)(F)F)CC1. The summed E-state index contributed by atoms with van der Waals surface area (Å²) in [6.07, 6.45) is 3.18. The van der Waals surface area contributed by atoms with Crippen LogP contribution in [0.4, 0.5) is 35.2 Å². The van der Waals surface area contributed by atoms with Crippen molar-refractivity contribution in [1.82, 2.24) is 28.8 Å². The minimum atomic E-state index is -4.69. The van der Waals surface area contributed by atoms with Crippen LogP contribution in [0, 0.1) is 0 Å². The average Bonchev–Trinajstić information content (AvgIpc) is 3.85. The molecule has 294 valence electrons. The van der Waals surface area contributed by atoms with Crippen molar-refractivity contribution in [1.29, 1.82) is 0 Å². The molecule has 3 N–H and O–H groups in total. The van der Waals surface area contributed by atoms with Gasteiger partial charge in [0.15, 0.2) is 5.65 Å². The number of halogens is 3. The number of amides is 2. The van der Waals surface area contributed by atoms with Gasteiger partial charge in [-0.2, -0.15) is 13.2 Å². The van der Waals surface area contributed by atoms with Crippen LogP contribution < -0.4 is 30.2 Å². The third kappa shape index (κ3) is 7.87. The van der Waals surface area contributed by atoms with E-state index in [2.05, 4.69) is 61.1 Å². The molecule has 1 saturated heterocycles. The highest BCUT2D eigenvalue weighted by Crippen LogP contribution is 2.40. The maximum Gasteiger partial charge on any atom is 0.420 e.